The lowest BCUT2D eigenvalue weighted by atomic mass is 10.0. The molecule has 3 heterocycles. The normalized spacial score (nSPS) is 24.5. The minimum Gasteiger partial charge on any atom is -0.374 e. The fourth-order valence-corrected chi connectivity index (χ4v) is 3.74. The van der Waals surface area contributed by atoms with E-state index >= 15 is 0 Å². The third-order valence-corrected chi connectivity index (χ3v) is 5.30. The van der Waals surface area contributed by atoms with Crippen LogP contribution in [0.1, 0.15) is 30.1 Å². The second kappa shape index (κ2) is 7.70. The van der Waals surface area contributed by atoms with E-state index in [9.17, 15) is 17.6 Å². The number of nitrogens with zero attached hydrogens (tertiary/aromatic N) is 4. The summed E-state index contributed by atoms with van der Waals surface area (Å²) in [6.45, 7) is 3.44. The molecule has 1 fully saturated rings. The van der Waals surface area contributed by atoms with Gasteiger partial charge >= 0.3 is 6.18 Å². The van der Waals surface area contributed by atoms with Crippen molar-refractivity contribution in [3.8, 4) is 0 Å². The van der Waals surface area contributed by atoms with Crippen LogP contribution in [-0.4, -0.2) is 60.4 Å². The predicted octanol–water partition coefficient (Wildman–Crippen LogP) is 1.53. The van der Waals surface area contributed by atoms with Crippen molar-refractivity contribution >= 4 is 6.21 Å². The number of likely N-dealkylation sites (tertiary alicyclic amines) is 1. The highest BCUT2D eigenvalue weighted by molar-refractivity contribution is 5.82. The molecule has 0 aliphatic carbocycles. The summed E-state index contributed by atoms with van der Waals surface area (Å²) in [6.07, 6.45) is -0.636. The van der Waals surface area contributed by atoms with Crippen molar-refractivity contribution in [2.24, 2.45) is 10.7 Å². The number of nitrogens with one attached hydrogen (secondary N) is 2. The molecule has 1 unspecified atom stereocenters. The van der Waals surface area contributed by atoms with E-state index in [1.807, 2.05) is 11.6 Å². The summed E-state index contributed by atoms with van der Waals surface area (Å²) in [5.41, 5.74) is 6.63. The van der Waals surface area contributed by atoms with Crippen molar-refractivity contribution in [1.82, 2.24) is 25.3 Å². The maximum atomic E-state index is 13.1. The first-order valence-corrected chi connectivity index (χ1v) is 9.14. The molecule has 0 spiro atoms. The zero-order valence-corrected chi connectivity index (χ0v) is 15.9. The number of alkyl halides is 4. The number of nitrogens with two attached hydrogens (primary N) is 1. The Morgan fingerprint density at radius 1 is 1.36 bits per heavy atom. The van der Waals surface area contributed by atoms with Gasteiger partial charge in [-0.2, -0.15) is 18.3 Å². The van der Waals surface area contributed by atoms with Crippen molar-refractivity contribution in [2.75, 3.05) is 33.4 Å². The van der Waals surface area contributed by atoms with E-state index in [1.165, 1.54) is 7.05 Å². The molecule has 0 saturated carbocycles. The second-order valence-corrected chi connectivity index (χ2v) is 7.04. The molecule has 1 aromatic rings. The fraction of sp³-hybridized carbons (Fsp3) is 0.647. The van der Waals surface area contributed by atoms with Crippen molar-refractivity contribution in [3.05, 3.63) is 28.8 Å². The number of hydrogen-bond donors (Lipinski definition) is 3. The molecule has 2 aliphatic rings. The van der Waals surface area contributed by atoms with E-state index in [4.69, 9.17) is 5.73 Å². The van der Waals surface area contributed by atoms with Gasteiger partial charge in [-0.1, -0.05) is 0 Å². The molecule has 7 nitrogen and oxygen atoms in total. The van der Waals surface area contributed by atoms with Gasteiger partial charge in [-0.15, -0.1) is 0 Å². The molecule has 156 valence electrons. The van der Waals surface area contributed by atoms with Gasteiger partial charge in [-0.05, 0) is 19.8 Å². The largest absolute Gasteiger partial charge is 0.421 e. The average Bonchev–Trinajstić information content (AvgIpc) is 3.04. The topological polar surface area (TPSA) is 83.5 Å². The Kier molecular flexibility index (Phi) is 5.67. The molecule has 4 N–H and O–H groups in total. The van der Waals surface area contributed by atoms with Gasteiger partial charge in [0.05, 0.1) is 17.8 Å². The molecular weight excluding hydrogens is 378 g/mol. The number of aliphatic imine (C=N–C) groups is 1. The number of allylic oxidation sites excluding steroid dienone is 1. The Bertz CT molecular complexity index is 762. The van der Waals surface area contributed by atoms with Gasteiger partial charge < -0.3 is 15.5 Å². The van der Waals surface area contributed by atoms with Gasteiger partial charge in [0.25, 0.3) is 0 Å². The van der Waals surface area contributed by atoms with Crippen molar-refractivity contribution in [2.45, 2.75) is 37.8 Å². The quantitative estimate of drug-likeness (QED) is 0.650. The average molecular weight is 403 g/mol. The Morgan fingerprint density at radius 3 is 2.61 bits per heavy atom. The van der Waals surface area contributed by atoms with Gasteiger partial charge in [0.15, 0.2) is 0 Å². The molecule has 1 saturated heterocycles. The summed E-state index contributed by atoms with van der Waals surface area (Å²) >= 11 is 0. The van der Waals surface area contributed by atoms with Gasteiger partial charge in [-0.25, -0.2) is 9.38 Å². The Hall–Kier alpha value is -2.14. The minimum atomic E-state index is -4.55. The monoisotopic (exact) mass is 403 g/mol. The third-order valence-electron chi connectivity index (χ3n) is 5.30. The lowest BCUT2D eigenvalue weighted by Gasteiger charge is -2.34. The van der Waals surface area contributed by atoms with Crippen LogP contribution in [0.4, 0.5) is 17.6 Å². The van der Waals surface area contributed by atoms with Crippen LogP contribution >= 0.6 is 0 Å². The van der Waals surface area contributed by atoms with Crippen molar-refractivity contribution in [1.29, 1.82) is 0 Å². The second-order valence-electron chi connectivity index (χ2n) is 7.04. The highest BCUT2D eigenvalue weighted by atomic mass is 19.4. The number of rotatable bonds is 5. The summed E-state index contributed by atoms with van der Waals surface area (Å²) in [5, 5.41) is 9.59. The summed E-state index contributed by atoms with van der Waals surface area (Å²) in [7, 11) is 1.38. The summed E-state index contributed by atoms with van der Waals surface area (Å²) in [4.78, 5) is 6.02. The first kappa shape index (κ1) is 20.6. The van der Waals surface area contributed by atoms with Crippen LogP contribution in [0.2, 0.25) is 0 Å². The fourth-order valence-electron chi connectivity index (χ4n) is 3.74. The molecule has 3 rings (SSSR count). The van der Waals surface area contributed by atoms with Crippen LogP contribution in [0.25, 0.3) is 0 Å². The smallest absolute Gasteiger partial charge is 0.374 e. The van der Waals surface area contributed by atoms with Crippen LogP contribution < -0.4 is 16.4 Å². The first-order chi connectivity index (χ1) is 13.2. The SMILES string of the molecule is CNC1=C(C(F)(F)F)C=NC(N)(c2cnn(C3CCN(CCF)CC3)c2C)N1. The van der Waals surface area contributed by atoms with E-state index in [1.54, 1.807) is 6.20 Å². The van der Waals surface area contributed by atoms with Crippen molar-refractivity contribution in [3.63, 3.8) is 0 Å². The Balaban J connectivity index is 1.81. The molecule has 1 atom stereocenters. The number of halogens is 4. The molecular formula is C17H25F4N7. The summed E-state index contributed by atoms with van der Waals surface area (Å²) < 4.78 is 53.7. The molecule has 0 bridgehead atoms. The van der Waals surface area contributed by atoms with Crippen LogP contribution in [-0.2, 0) is 5.79 Å². The van der Waals surface area contributed by atoms with Crippen LogP contribution in [0.15, 0.2) is 22.6 Å². The van der Waals surface area contributed by atoms with Gasteiger partial charge in [0, 0.05) is 38.6 Å². The third kappa shape index (κ3) is 3.86. The zero-order chi connectivity index (χ0) is 20.5. The lowest BCUT2D eigenvalue weighted by molar-refractivity contribution is -0.0875. The minimum absolute atomic E-state index is 0.130. The Labute approximate surface area is 160 Å². The highest BCUT2D eigenvalue weighted by Gasteiger charge is 2.42. The molecule has 11 heteroatoms. The molecule has 28 heavy (non-hydrogen) atoms. The highest BCUT2D eigenvalue weighted by Crippen LogP contribution is 2.33. The van der Waals surface area contributed by atoms with E-state index < -0.39 is 17.5 Å². The molecule has 0 radical (unpaired) electrons. The summed E-state index contributed by atoms with van der Waals surface area (Å²) in [6, 6.07) is 0.130. The Morgan fingerprint density at radius 2 is 2.04 bits per heavy atom. The maximum Gasteiger partial charge on any atom is 0.421 e. The van der Waals surface area contributed by atoms with E-state index in [0.29, 0.717) is 12.1 Å². The predicted molar refractivity (Wildman–Crippen MR) is 97.3 cm³/mol. The van der Waals surface area contributed by atoms with E-state index in [2.05, 4.69) is 25.6 Å². The van der Waals surface area contributed by atoms with E-state index in [-0.39, 0.29) is 18.5 Å². The maximum absolute atomic E-state index is 13.1. The standard InChI is InChI=1S/C17H25F4N7/c1-11-13(10-25-28(11)12-3-6-27(7-4-12)8-5-18)17(22)24-9-14(16(19,20)21)15(23-2)26-17/h9-10,12,23,26H,3-8,22H2,1-2H3. The molecule has 0 amide bonds. The van der Waals surface area contributed by atoms with Gasteiger partial charge in [-0.3, -0.25) is 10.4 Å². The molecule has 1 aromatic heterocycles. The number of hydrogen-bond acceptors (Lipinski definition) is 6. The molecule has 0 aromatic carbocycles. The van der Waals surface area contributed by atoms with Gasteiger partial charge in [0.1, 0.15) is 18.1 Å². The van der Waals surface area contributed by atoms with Crippen LogP contribution in [0.5, 0.6) is 0 Å². The van der Waals surface area contributed by atoms with Crippen molar-refractivity contribution < 1.29 is 17.6 Å². The number of piperidine rings is 1. The molecule has 2 aliphatic heterocycles. The van der Waals surface area contributed by atoms with Crippen LogP contribution in [0.3, 0.4) is 0 Å². The van der Waals surface area contributed by atoms with E-state index in [0.717, 1.165) is 37.8 Å². The van der Waals surface area contributed by atoms with Gasteiger partial charge in [0.2, 0.25) is 5.79 Å². The van der Waals surface area contributed by atoms with Crippen LogP contribution in [0, 0.1) is 6.92 Å². The first-order valence-electron chi connectivity index (χ1n) is 9.14. The number of aromatic nitrogens is 2. The summed E-state index contributed by atoms with van der Waals surface area (Å²) in [5.74, 6) is -1.79. The zero-order valence-electron chi connectivity index (χ0n) is 15.9. The lowest BCUT2D eigenvalue weighted by Crippen LogP contribution is -2.54.